The molecule has 0 spiro atoms. The van der Waals surface area contributed by atoms with Gasteiger partial charge in [0.15, 0.2) is 0 Å². The lowest BCUT2D eigenvalue weighted by Gasteiger charge is -2.07. The zero-order valence-electron chi connectivity index (χ0n) is 9.33. The van der Waals surface area contributed by atoms with E-state index in [2.05, 4.69) is 34.2 Å². The Hall–Kier alpha value is -1.03. The number of carbonyl (C=O) groups excluding carboxylic acids is 1. The van der Waals surface area contributed by atoms with Crippen molar-refractivity contribution in [3.63, 3.8) is 0 Å². The Morgan fingerprint density at radius 3 is 3.00 bits per heavy atom. The van der Waals surface area contributed by atoms with Crippen LogP contribution in [0.5, 0.6) is 5.75 Å². The van der Waals surface area contributed by atoms with Crippen molar-refractivity contribution in [3.8, 4) is 5.75 Å². The second kappa shape index (κ2) is 7.28. The molecule has 0 radical (unpaired) electrons. The molecular formula is C12H16BrNO2. The van der Waals surface area contributed by atoms with Crippen molar-refractivity contribution >= 4 is 21.8 Å². The summed E-state index contributed by atoms with van der Waals surface area (Å²) >= 11 is 3.08. The van der Waals surface area contributed by atoms with E-state index in [1.165, 1.54) is 5.56 Å². The minimum atomic E-state index is -0.0223. The third kappa shape index (κ3) is 4.66. The molecule has 1 amide bonds. The number of halogens is 1. The van der Waals surface area contributed by atoms with E-state index >= 15 is 0 Å². The Bertz CT molecular complexity index is 342. The van der Waals surface area contributed by atoms with E-state index in [0.29, 0.717) is 18.5 Å². The van der Waals surface area contributed by atoms with Gasteiger partial charge in [0.25, 0.3) is 0 Å². The molecule has 0 atom stereocenters. The third-order valence-corrected chi connectivity index (χ3v) is 2.63. The van der Waals surface area contributed by atoms with Gasteiger partial charge < -0.3 is 10.1 Å². The van der Waals surface area contributed by atoms with Gasteiger partial charge in [-0.25, -0.2) is 0 Å². The highest BCUT2D eigenvalue weighted by atomic mass is 79.9. The molecule has 0 fully saturated rings. The summed E-state index contributed by atoms with van der Waals surface area (Å²) in [7, 11) is 0. The molecule has 0 saturated heterocycles. The number of aryl methyl sites for hydroxylation is 1. The van der Waals surface area contributed by atoms with Crippen LogP contribution in [0.1, 0.15) is 12.5 Å². The number of carbonyl (C=O) groups is 1. The maximum absolute atomic E-state index is 10.9. The molecule has 3 nitrogen and oxygen atoms in total. The molecule has 0 saturated carbocycles. The van der Waals surface area contributed by atoms with E-state index in [4.69, 9.17) is 4.74 Å². The summed E-state index contributed by atoms with van der Waals surface area (Å²) < 4.78 is 5.51. The predicted octanol–water partition coefficient (Wildman–Crippen LogP) is 2.14. The molecular weight excluding hydrogens is 270 g/mol. The minimum Gasteiger partial charge on any atom is -0.492 e. The highest BCUT2D eigenvalue weighted by Crippen LogP contribution is 2.13. The first kappa shape index (κ1) is 13.0. The van der Waals surface area contributed by atoms with Gasteiger partial charge in [-0.3, -0.25) is 4.79 Å². The molecule has 1 rings (SSSR count). The maximum atomic E-state index is 10.9. The minimum absolute atomic E-state index is 0.0223. The van der Waals surface area contributed by atoms with Gasteiger partial charge in [-0.2, -0.15) is 0 Å². The average Bonchev–Trinajstić information content (AvgIpc) is 2.34. The fourth-order valence-corrected chi connectivity index (χ4v) is 1.46. The average molecular weight is 286 g/mol. The van der Waals surface area contributed by atoms with Crippen molar-refractivity contribution in [1.29, 1.82) is 0 Å². The number of ether oxygens (including phenoxy) is 1. The van der Waals surface area contributed by atoms with E-state index in [0.717, 1.165) is 12.2 Å². The van der Waals surface area contributed by atoms with Gasteiger partial charge in [0.05, 0.1) is 11.9 Å². The van der Waals surface area contributed by atoms with E-state index in [9.17, 15) is 4.79 Å². The van der Waals surface area contributed by atoms with Crippen molar-refractivity contribution in [3.05, 3.63) is 29.8 Å². The van der Waals surface area contributed by atoms with E-state index in [1.807, 2.05) is 18.2 Å². The van der Waals surface area contributed by atoms with Gasteiger partial charge in [0.1, 0.15) is 12.4 Å². The van der Waals surface area contributed by atoms with Crippen LogP contribution in [0.3, 0.4) is 0 Å². The van der Waals surface area contributed by atoms with E-state index in [-0.39, 0.29) is 5.91 Å². The number of alkyl halides is 1. The molecule has 0 bridgehead atoms. The van der Waals surface area contributed by atoms with Gasteiger partial charge in [-0.1, -0.05) is 35.0 Å². The standard InChI is InChI=1S/C12H16BrNO2/c1-2-10-4-3-5-11(8-10)16-7-6-14-12(15)9-13/h3-5,8H,2,6-7,9H2,1H3,(H,14,15). The third-order valence-electron chi connectivity index (χ3n) is 2.12. The van der Waals surface area contributed by atoms with Gasteiger partial charge in [-0.15, -0.1) is 0 Å². The molecule has 1 aromatic rings. The summed E-state index contributed by atoms with van der Waals surface area (Å²) in [4.78, 5) is 10.9. The highest BCUT2D eigenvalue weighted by molar-refractivity contribution is 9.09. The number of rotatable bonds is 6. The normalized spacial score (nSPS) is 9.88. The van der Waals surface area contributed by atoms with Crippen molar-refractivity contribution in [2.45, 2.75) is 13.3 Å². The molecule has 88 valence electrons. The molecule has 16 heavy (non-hydrogen) atoms. The van der Waals surface area contributed by atoms with Crippen molar-refractivity contribution in [2.24, 2.45) is 0 Å². The second-order valence-corrected chi connectivity index (χ2v) is 3.89. The molecule has 0 unspecified atom stereocenters. The van der Waals surface area contributed by atoms with Crippen molar-refractivity contribution < 1.29 is 9.53 Å². The highest BCUT2D eigenvalue weighted by Gasteiger charge is 1.98. The van der Waals surface area contributed by atoms with Crippen LogP contribution in [0, 0.1) is 0 Å². The first-order chi connectivity index (χ1) is 7.76. The second-order valence-electron chi connectivity index (χ2n) is 3.33. The number of amides is 1. The molecule has 0 aliphatic rings. The summed E-state index contributed by atoms with van der Waals surface area (Å²) in [5, 5.41) is 3.05. The fourth-order valence-electron chi connectivity index (χ4n) is 1.26. The molecule has 4 heteroatoms. The number of hydrogen-bond donors (Lipinski definition) is 1. The topological polar surface area (TPSA) is 38.3 Å². The number of hydrogen-bond acceptors (Lipinski definition) is 2. The monoisotopic (exact) mass is 285 g/mol. The molecule has 1 N–H and O–H groups in total. The summed E-state index contributed by atoms with van der Waals surface area (Å²) in [5.74, 6) is 0.832. The Morgan fingerprint density at radius 1 is 1.50 bits per heavy atom. The van der Waals surface area contributed by atoms with Gasteiger partial charge in [0.2, 0.25) is 5.91 Å². The number of benzene rings is 1. The summed E-state index contributed by atoms with van der Waals surface area (Å²) in [6, 6.07) is 7.99. The number of nitrogens with one attached hydrogen (secondary N) is 1. The largest absolute Gasteiger partial charge is 0.492 e. The summed E-state index contributed by atoms with van der Waals surface area (Å²) in [6.45, 7) is 3.13. The van der Waals surface area contributed by atoms with Crippen molar-refractivity contribution in [2.75, 3.05) is 18.5 Å². The predicted molar refractivity (Wildman–Crippen MR) is 68.1 cm³/mol. The van der Waals surface area contributed by atoms with Crippen LogP contribution in [0.4, 0.5) is 0 Å². The van der Waals surface area contributed by atoms with E-state index < -0.39 is 0 Å². The molecule has 0 aliphatic carbocycles. The van der Waals surface area contributed by atoms with Gasteiger partial charge >= 0.3 is 0 Å². The van der Waals surface area contributed by atoms with E-state index in [1.54, 1.807) is 0 Å². The Kier molecular flexibility index (Phi) is 5.93. The summed E-state index contributed by atoms with van der Waals surface area (Å²) in [6.07, 6.45) is 0.998. The lowest BCUT2D eigenvalue weighted by Crippen LogP contribution is -2.28. The van der Waals surface area contributed by atoms with Crippen LogP contribution in [-0.4, -0.2) is 24.4 Å². The molecule has 0 aliphatic heterocycles. The van der Waals surface area contributed by atoms with Gasteiger partial charge in [0, 0.05) is 0 Å². The molecule has 1 aromatic carbocycles. The van der Waals surface area contributed by atoms with Crippen LogP contribution in [0.2, 0.25) is 0 Å². The van der Waals surface area contributed by atoms with Crippen LogP contribution >= 0.6 is 15.9 Å². The Labute approximate surface area is 104 Å². The zero-order valence-corrected chi connectivity index (χ0v) is 10.9. The first-order valence-electron chi connectivity index (χ1n) is 5.30. The summed E-state index contributed by atoms with van der Waals surface area (Å²) in [5.41, 5.74) is 1.25. The van der Waals surface area contributed by atoms with Gasteiger partial charge in [-0.05, 0) is 24.1 Å². The first-order valence-corrected chi connectivity index (χ1v) is 6.42. The van der Waals surface area contributed by atoms with Crippen molar-refractivity contribution in [1.82, 2.24) is 5.32 Å². The Balaban J connectivity index is 2.28. The smallest absolute Gasteiger partial charge is 0.230 e. The zero-order chi connectivity index (χ0) is 11.8. The van der Waals surface area contributed by atoms with Crippen LogP contribution in [0.25, 0.3) is 0 Å². The maximum Gasteiger partial charge on any atom is 0.230 e. The Morgan fingerprint density at radius 2 is 2.31 bits per heavy atom. The van der Waals surface area contributed by atoms with Crippen LogP contribution in [0.15, 0.2) is 24.3 Å². The van der Waals surface area contributed by atoms with Crippen LogP contribution in [-0.2, 0) is 11.2 Å². The fraction of sp³-hybridized carbons (Fsp3) is 0.417. The molecule has 0 heterocycles. The SMILES string of the molecule is CCc1cccc(OCCNC(=O)CBr)c1. The lowest BCUT2D eigenvalue weighted by atomic mass is 10.2. The quantitative estimate of drug-likeness (QED) is 0.642. The van der Waals surface area contributed by atoms with Crippen LogP contribution < -0.4 is 10.1 Å². The molecule has 0 aromatic heterocycles. The lowest BCUT2D eigenvalue weighted by molar-refractivity contribution is -0.118.